The van der Waals surface area contributed by atoms with Gasteiger partial charge >= 0.3 is 11.9 Å². The van der Waals surface area contributed by atoms with Crippen molar-refractivity contribution in [3.63, 3.8) is 0 Å². The van der Waals surface area contributed by atoms with E-state index in [1.165, 1.54) is 115 Å². The third kappa shape index (κ3) is 32.5. The minimum Gasteiger partial charge on any atom is -0.462 e. The normalized spacial score (nSPS) is 12.9. The molecule has 0 aromatic carbocycles. The fourth-order valence-electron chi connectivity index (χ4n) is 4.79. The molecule has 0 radical (unpaired) electrons. The molecule has 1 N–H and O–H groups in total. The Hall–Kier alpha value is -2.40. The molecule has 0 rings (SSSR count). The Morgan fingerprint density at radius 3 is 1.50 bits per heavy atom. The van der Waals surface area contributed by atoms with Crippen LogP contribution in [0.5, 0.6) is 0 Å². The number of ether oxygens (including phenoxy) is 2. The summed E-state index contributed by atoms with van der Waals surface area (Å²) < 4.78 is 10.4. The van der Waals surface area contributed by atoms with E-state index in [0.717, 1.165) is 25.7 Å². The van der Waals surface area contributed by atoms with E-state index < -0.39 is 18.7 Å². The highest BCUT2D eigenvalue weighted by Crippen LogP contribution is 2.13. The molecule has 5 nitrogen and oxygen atoms in total. The average Bonchev–Trinajstić information content (AvgIpc) is 3.02. The van der Waals surface area contributed by atoms with Gasteiger partial charge in [0, 0.05) is 12.5 Å². The highest BCUT2D eigenvalue weighted by molar-refractivity contribution is 5.82. The Balaban J connectivity index is 3.82. The molecule has 5 heteroatoms. The molecule has 0 fully saturated rings. The number of aliphatic hydroxyl groups is 1. The number of unbranched alkanes of at least 4 members (excludes halogenated alkanes) is 19. The van der Waals surface area contributed by atoms with E-state index >= 15 is 0 Å². The Bertz CT molecular complexity index is 792. The van der Waals surface area contributed by atoms with Crippen LogP contribution in [-0.4, -0.2) is 36.4 Å². The fraction of sp³-hybridized carbons (Fsp3) is 0.692. The smallest absolute Gasteiger partial charge is 0.331 e. The van der Waals surface area contributed by atoms with Gasteiger partial charge in [-0.05, 0) is 19.3 Å². The van der Waals surface area contributed by atoms with Gasteiger partial charge in [-0.3, -0.25) is 4.79 Å². The van der Waals surface area contributed by atoms with Gasteiger partial charge in [0.15, 0.2) is 6.10 Å². The van der Waals surface area contributed by atoms with Crippen LogP contribution >= 0.6 is 0 Å². The third-order valence-corrected chi connectivity index (χ3v) is 7.52. The molecule has 0 aromatic rings. The number of rotatable bonds is 31. The van der Waals surface area contributed by atoms with Gasteiger partial charge in [-0.15, -0.1) is 0 Å². The lowest BCUT2D eigenvalue weighted by atomic mass is 10.0. The summed E-state index contributed by atoms with van der Waals surface area (Å²) >= 11 is 0. The monoisotopic (exact) mass is 614 g/mol. The van der Waals surface area contributed by atoms with Crippen molar-refractivity contribution in [2.24, 2.45) is 0 Å². The van der Waals surface area contributed by atoms with E-state index in [-0.39, 0.29) is 12.6 Å². The Morgan fingerprint density at radius 1 is 0.568 bits per heavy atom. The molecule has 0 aliphatic heterocycles. The molecule has 0 aromatic heterocycles. The van der Waals surface area contributed by atoms with Gasteiger partial charge in [-0.1, -0.05) is 184 Å². The second-order valence-corrected chi connectivity index (χ2v) is 11.8. The van der Waals surface area contributed by atoms with Gasteiger partial charge in [0.05, 0.1) is 6.61 Å². The summed E-state index contributed by atoms with van der Waals surface area (Å²) in [4.78, 5) is 24.0. The number of carbonyl (C=O) groups is 2. The first-order chi connectivity index (χ1) is 21.6. The molecule has 0 spiro atoms. The lowest BCUT2D eigenvalue weighted by Gasteiger charge is -2.14. The highest BCUT2D eigenvalue weighted by atomic mass is 16.6. The van der Waals surface area contributed by atoms with Gasteiger partial charge in [-0.25, -0.2) is 4.79 Å². The molecule has 1 unspecified atom stereocenters. The molecule has 0 aliphatic rings. The molecular formula is C39H66O5. The quantitative estimate of drug-likeness (QED) is 0.0364. The molecule has 0 amide bonds. The second-order valence-electron chi connectivity index (χ2n) is 11.8. The maximum atomic E-state index is 12.0. The van der Waals surface area contributed by atoms with Gasteiger partial charge in [0.2, 0.25) is 0 Å². The predicted octanol–water partition coefficient (Wildman–Crippen LogP) is 10.8. The zero-order valence-electron chi connectivity index (χ0n) is 28.4. The maximum Gasteiger partial charge on any atom is 0.331 e. The van der Waals surface area contributed by atoms with Crippen molar-refractivity contribution in [3.8, 4) is 0 Å². The molecule has 0 saturated carbocycles. The number of hydrogen-bond donors (Lipinski definition) is 1. The van der Waals surface area contributed by atoms with Crippen molar-refractivity contribution in [2.75, 3.05) is 13.2 Å². The van der Waals surface area contributed by atoms with Crippen molar-refractivity contribution >= 4 is 11.9 Å². The highest BCUT2D eigenvalue weighted by Gasteiger charge is 2.14. The van der Waals surface area contributed by atoms with Gasteiger partial charge in [0.1, 0.15) is 6.61 Å². The molecule has 252 valence electrons. The molecular weight excluding hydrogens is 548 g/mol. The third-order valence-electron chi connectivity index (χ3n) is 7.52. The molecule has 0 saturated heterocycles. The summed E-state index contributed by atoms with van der Waals surface area (Å²) in [6, 6.07) is 0. The molecule has 0 bridgehead atoms. The average molecular weight is 615 g/mol. The minimum absolute atomic E-state index is 0.133. The van der Waals surface area contributed by atoms with Crippen LogP contribution in [0.25, 0.3) is 0 Å². The van der Waals surface area contributed by atoms with E-state index in [0.29, 0.717) is 6.42 Å². The number of allylic oxidation sites excluding steroid dienone is 9. The van der Waals surface area contributed by atoms with Crippen LogP contribution in [0.4, 0.5) is 0 Å². The van der Waals surface area contributed by atoms with Crippen molar-refractivity contribution < 1.29 is 24.2 Å². The summed E-state index contributed by atoms with van der Waals surface area (Å²) in [7, 11) is 0. The number of carbonyl (C=O) groups excluding carboxylic acids is 2. The zero-order valence-corrected chi connectivity index (χ0v) is 28.4. The lowest BCUT2D eigenvalue weighted by Crippen LogP contribution is -2.27. The van der Waals surface area contributed by atoms with E-state index in [1.54, 1.807) is 12.2 Å². The number of aliphatic hydroxyl groups excluding tert-OH is 1. The van der Waals surface area contributed by atoms with E-state index in [4.69, 9.17) is 9.47 Å². The van der Waals surface area contributed by atoms with Crippen molar-refractivity contribution in [1.82, 2.24) is 0 Å². The standard InChI is InChI=1S/C39H66O5/c1-3-5-7-9-11-13-15-17-18-19-20-22-24-26-28-30-32-34-39(42)44-37(35-40)36-43-38(41)33-31-29-27-25-23-21-16-14-12-10-8-6-4-2/h18-20,22,24,26,28,30,32,34,37,40H,3-17,21,23,25,27,29,31,33,35-36H2,1-2H3. The largest absolute Gasteiger partial charge is 0.462 e. The fourth-order valence-corrected chi connectivity index (χ4v) is 4.79. The van der Waals surface area contributed by atoms with E-state index in [9.17, 15) is 14.7 Å². The summed E-state index contributed by atoms with van der Waals surface area (Å²) in [6.07, 6.45) is 44.7. The van der Waals surface area contributed by atoms with Crippen molar-refractivity contribution in [2.45, 2.75) is 161 Å². The Labute approximate surface area is 271 Å². The molecule has 44 heavy (non-hydrogen) atoms. The van der Waals surface area contributed by atoms with Crippen LogP contribution in [0.15, 0.2) is 60.8 Å². The first-order valence-electron chi connectivity index (χ1n) is 17.9. The van der Waals surface area contributed by atoms with Crippen molar-refractivity contribution in [1.29, 1.82) is 0 Å². The van der Waals surface area contributed by atoms with E-state index in [1.807, 2.05) is 30.4 Å². The van der Waals surface area contributed by atoms with Gasteiger partial charge in [-0.2, -0.15) is 0 Å². The lowest BCUT2D eigenvalue weighted by molar-refractivity contribution is -0.157. The molecule has 0 heterocycles. The number of hydrogen-bond acceptors (Lipinski definition) is 5. The van der Waals surface area contributed by atoms with Gasteiger partial charge < -0.3 is 14.6 Å². The van der Waals surface area contributed by atoms with Crippen LogP contribution in [0, 0.1) is 0 Å². The van der Waals surface area contributed by atoms with Crippen molar-refractivity contribution in [3.05, 3.63) is 60.8 Å². The zero-order chi connectivity index (χ0) is 32.2. The topological polar surface area (TPSA) is 72.8 Å². The summed E-state index contributed by atoms with van der Waals surface area (Å²) in [5.41, 5.74) is 0. The second kappa shape index (κ2) is 35.1. The van der Waals surface area contributed by atoms with Crippen LogP contribution in [0.1, 0.15) is 155 Å². The van der Waals surface area contributed by atoms with E-state index in [2.05, 4.69) is 26.0 Å². The summed E-state index contributed by atoms with van der Waals surface area (Å²) in [5, 5.41) is 9.48. The first-order valence-corrected chi connectivity index (χ1v) is 17.9. The number of esters is 2. The van der Waals surface area contributed by atoms with Crippen LogP contribution in [0.2, 0.25) is 0 Å². The Morgan fingerprint density at radius 2 is 1.00 bits per heavy atom. The summed E-state index contributed by atoms with van der Waals surface area (Å²) in [6.45, 7) is 3.97. The molecule has 1 atom stereocenters. The molecule has 0 aliphatic carbocycles. The maximum absolute atomic E-state index is 12.0. The van der Waals surface area contributed by atoms with Gasteiger partial charge in [0.25, 0.3) is 0 Å². The van der Waals surface area contributed by atoms with Crippen LogP contribution < -0.4 is 0 Å². The Kier molecular flexibility index (Phi) is 33.2. The first kappa shape index (κ1) is 41.6. The predicted molar refractivity (Wildman–Crippen MR) is 187 cm³/mol. The minimum atomic E-state index is -0.865. The van der Waals surface area contributed by atoms with Crippen LogP contribution in [0.3, 0.4) is 0 Å². The summed E-state index contributed by atoms with van der Waals surface area (Å²) in [5.74, 6) is -0.901. The SMILES string of the molecule is CCCCCCCCCC=CC=CC=CC=CC=CC(=O)OC(CO)COC(=O)CCCCCCCCCCCCCCC. The van der Waals surface area contributed by atoms with Crippen LogP contribution in [-0.2, 0) is 19.1 Å².